The van der Waals surface area contributed by atoms with Gasteiger partial charge < -0.3 is 4.74 Å². The molecule has 0 atom stereocenters. The smallest absolute Gasteiger partial charge is 0.107 e. The first-order valence-corrected chi connectivity index (χ1v) is 2.70. The topological polar surface area (TPSA) is 9.23 Å². The van der Waals surface area contributed by atoms with Crippen molar-refractivity contribution in [1.82, 2.24) is 0 Å². The summed E-state index contributed by atoms with van der Waals surface area (Å²) in [5, 5.41) is 0. The average molecular weight is 122 g/mol. The molecule has 0 rings (SSSR count). The normalized spacial score (nSPS) is 9.22. The first kappa shape index (κ1) is 8.00. The highest BCUT2D eigenvalue weighted by molar-refractivity contribution is 4.97. The van der Waals surface area contributed by atoms with Crippen molar-refractivity contribution in [2.75, 3.05) is 13.2 Å². The van der Waals surface area contributed by atoms with Gasteiger partial charge in [-0.3, -0.25) is 0 Å². The Kier molecular flexibility index (Phi) is 6.22. The summed E-state index contributed by atoms with van der Waals surface area (Å²) in [4.78, 5) is 0. The number of hydrogen-bond donors (Lipinski definition) is 0. The van der Waals surface area contributed by atoms with Crippen LogP contribution in [0.3, 0.4) is 0 Å². The lowest BCUT2D eigenvalue weighted by Gasteiger charge is -1.89. The van der Waals surface area contributed by atoms with Gasteiger partial charge in [-0.05, 0) is 0 Å². The van der Waals surface area contributed by atoms with E-state index in [1.165, 1.54) is 0 Å². The van der Waals surface area contributed by atoms with E-state index in [0.717, 1.165) is 0 Å². The lowest BCUT2D eigenvalue weighted by Crippen LogP contribution is -1.89. The van der Waals surface area contributed by atoms with Crippen LogP contribution in [0.2, 0.25) is 0 Å². The van der Waals surface area contributed by atoms with Crippen LogP contribution in [0.5, 0.6) is 0 Å². The molecule has 0 amide bonds. The van der Waals surface area contributed by atoms with Crippen LogP contribution in [0.4, 0.5) is 0 Å². The van der Waals surface area contributed by atoms with E-state index >= 15 is 0 Å². The van der Waals surface area contributed by atoms with Gasteiger partial charge in [-0.2, -0.15) is 0 Å². The Morgan fingerprint density at radius 3 is 3.00 bits per heavy atom. The van der Waals surface area contributed by atoms with E-state index < -0.39 is 0 Å². The monoisotopic (exact) mass is 122 g/mol. The summed E-state index contributed by atoms with van der Waals surface area (Å²) >= 11 is 0. The van der Waals surface area contributed by atoms with Gasteiger partial charge in [-0.15, -0.1) is 6.42 Å². The maximum atomic E-state index is 4.92. The second-order valence-electron chi connectivity index (χ2n) is 1.38. The van der Waals surface area contributed by atoms with Gasteiger partial charge in [0.1, 0.15) is 6.61 Å². The molecule has 1 heteroatoms. The quantitative estimate of drug-likeness (QED) is 0.311. The van der Waals surface area contributed by atoms with Gasteiger partial charge in [0.05, 0.1) is 6.61 Å². The number of terminal acetylenes is 1. The van der Waals surface area contributed by atoms with Crippen molar-refractivity contribution >= 4 is 0 Å². The molecule has 9 heavy (non-hydrogen) atoms. The summed E-state index contributed by atoms with van der Waals surface area (Å²) in [5.41, 5.74) is 0. The van der Waals surface area contributed by atoms with Gasteiger partial charge in [0.15, 0.2) is 0 Å². The van der Waals surface area contributed by atoms with Crippen molar-refractivity contribution in [1.29, 1.82) is 0 Å². The van der Waals surface area contributed by atoms with Crippen molar-refractivity contribution < 1.29 is 4.74 Å². The summed E-state index contributed by atoms with van der Waals surface area (Å²) in [6, 6.07) is 0. The number of allylic oxidation sites excluding steroid dienone is 2. The van der Waals surface area contributed by atoms with Gasteiger partial charge >= 0.3 is 0 Å². The molecule has 0 spiro atoms. The third-order valence-corrected chi connectivity index (χ3v) is 0.672. The van der Waals surface area contributed by atoms with Crippen LogP contribution in [-0.4, -0.2) is 13.2 Å². The summed E-state index contributed by atoms with van der Waals surface area (Å²) < 4.78 is 4.91. The second kappa shape index (κ2) is 7.00. The second-order valence-corrected chi connectivity index (χ2v) is 1.38. The summed E-state index contributed by atoms with van der Waals surface area (Å²) in [5.74, 6) is 2.36. The minimum Gasteiger partial charge on any atom is -0.365 e. The molecule has 0 aromatic rings. The fourth-order valence-corrected chi connectivity index (χ4v) is 0.338. The molecule has 0 aliphatic carbocycles. The molecule has 0 fully saturated rings. The molecule has 0 N–H and O–H groups in total. The molecule has 0 aromatic carbocycles. The molecule has 0 aliphatic rings. The number of hydrogen-bond acceptors (Lipinski definition) is 1. The number of ether oxygens (including phenoxy) is 1. The third kappa shape index (κ3) is 7.00. The Morgan fingerprint density at radius 1 is 1.67 bits per heavy atom. The predicted octanol–water partition coefficient (Wildman–Crippen LogP) is 1.38. The van der Waals surface area contributed by atoms with Crippen molar-refractivity contribution in [2.45, 2.75) is 0 Å². The summed E-state index contributed by atoms with van der Waals surface area (Å²) in [6.45, 7) is 4.44. The van der Waals surface area contributed by atoms with E-state index in [1.807, 2.05) is 12.2 Å². The molecule has 0 aromatic heterocycles. The molecule has 48 valence electrons. The molecular weight excluding hydrogens is 112 g/mol. The maximum absolute atomic E-state index is 4.92. The summed E-state index contributed by atoms with van der Waals surface area (Å²) in [6.07, 6.45) is 10.3. The van der Waals surface area contributed by atoms with E-state index in [2.05, 4.69) is 12.5 Å². The van der Waals surface area contributed by atoms with Crippen LogP contribution in [0.25, 0.3) is 0 Å². The van der Waals surface area contributed by atoms with Crippen molar-refractivity contribution in [3.05, 3.63) is 24.8 Å². The van der Waals surface area contributed by atoms with E-state index in [4.69, 9.17) is 11.2 Å². The highest BCUT2D eigenvalue weighted by Crippen LogP contribution is 1.76. The minimum absolute atomic E-state index is 0.376. The molecule has 0 unspecified atom stereocenters. The molecule has 0 radical (unpaired) electrons. The minimum atomic E-state index is 0.376. The molecule has 0 saturated carbocycles. The van der Waals surface area contributed by atoms with Crippen LogP contribution in [0, 0.1) is 12.3 Å². The van der Waals surface area contributed by atoms with Gasteiger partial charge in [-0.25, -0.2) is 0 Å². The van der Waals surface area contributed by atoms with Crippen LogP contribution in [-0.2, 0) is 4.74 Å². The highest BCUT2D eigenvalue weighted by Gasteiger charge is 1.73. The standard InChI is InChI=1S/C8H10O/c1-3-5-6-8-9-7-4-2/h2-3,5-6H,1,7-8H2/b6-5+. The van der Waals surface area contributed by atoms with Gasteiger partial charge in [-0.1, -0.05) is 30.7 Å². The van der Waals surface area contributed by atoms with Crippen LogP contribution in [0.1, 0.15) is 0 Å². The maximum Gasteiger partial charge on any atom is 0.107 e. The van der Waals surface area contributed by atoms with E-state index in [1.54, 1.807) is 6.08 Å². The Morgan fingerprint density at radius 2 is 2.44 bits per heavy atom. The third-order valence-electron chi connectivity index (χ3n) is 0.672. The fraction of sp³-hybridized carbons (Fsp3) is 0.250. The molecule has 0 aliphatic heterocycles. The zero-order chi connectivity index (χ0) is 6.95. The van der Waals surface area contributed by atoms with Gasteiger partial charge in [0.2, 0.25) is 0 Å². The zero-order valence-corrected chi connectivity index (χ0v) is 5.34. The molecule has 0 heterocycles. The van der Waals surface area contributed by atoms with Crippen LogP contribution >= 0.6 is 0 Å². The number of rotatable bonds is 4. The van der Waals surface area contributed by atoms with E-state index in [0.29, 0.717) is 13.2 Å². The van der Waals surface area contributed by atoms with Crippen LogP contribution < -0.4 is 0 Å². The van der Waals surface area contributed by atoms with Crippen molar-refractivity contribution in [3.8, 4) is 12.3 Å². The van der Waals surface area contributed by atoms with Gasteiger partial charge in [0, 0.05) is 0 Å². The Bertz CT molecular complexity index is 128. The zero-order valence-electron chi connectivity index (χ0n) is 5.34. The Hall–Kier alpha value is -1.00. The van der Waals surface area contributed by atoms with E-state index in [9.17, 15) is 0 Å². The Balaban J connectivity index is 3.01. The molecule has 0 saturated heterocycles. The van der Waals surface area contributed by atoms with Crippen molar-refractivity contribution in [2.24, 2.45) is 0 Å². The lowest BCUT2D eigenvalue weighted by molar-refractivity contribution is 0.199. The molecular formula is C8H10O. The molecule has 1 nitrogen and oxygen atoms in total. The van der Waals surface area contributed by atoms with Crippen molar-refractivity contribution in [3.63, 3.8) is 0 Å². The predicted molar refractivity (Wildman–Crippen MR) is 39.0 cm³/mol. The lowest BCUT2D eigenvalue weighted by atomic mass is 10.5. The first-order chi connectivity index (χ1) is 4.41. The summed E-state index contributed by atoms with van der Waals surface area (Å²) in [7, 11) is 0. The van der Waals surface area contributed by atoms with Crippen LogP contribution in [0.15, 0.2) is 24.8 Å². The highest BCUT2D eigenvalue weighted by atomic mass is 16.5. The molecule has 0 bridgehead atoms. The Labute approximate surface area is 56.0 Å². The first-order valence-electron chi connectivity index (χ1n) is 2.70. The fourth-order valence-electron chi connectivity index (χ4n) is 0.338. The van der Waals surface area contributed by atoms with Gasteiger partial charge in [0.25, 0.3) is 0 Å². The SMILES string of the molecule is C#CCOC/C=C/C=C. The van der Waals surface area contributed by atoms with E-state index in [-0.39, 0.29) is 0 Å². The average Bonchev–Trinajstić information content (AvgIpc) is 1.89. The largest absolute Gasteiger partial charge is 0.365 e.